The first kappa shape index (κ1) is 20.9. The molecule has 0 N–H and O–H groups in total. The number of ether oxygens (including phenoxy) is 1. The summed E-state index contributed by atoms with van der Waals surface area (Å²) in [6.45, 7) is 4.39. The molecule has 4 rings (SSSR count). The lowest BCUT2D eigenvalue weighted by atomic mass is 10.1. The molecule has 4 aromatic rings. The zero-order valence-electron chi connectivity index (χ0n) is 16.9. The van der Waals surface area contributed by atoms with Crippen LogP contribution in [0.5, 0.6) is 5.75 Å². The van der Waals surface area contributed by atoms with E-state index in [0.717, 1.165) is 49.3 Å². The minimum Gasteiger partial charge on any atom is -0.486 e. The second kappa shape index (κ2) is 9.20. The van der Waals surface area contributed by atoms with Crippen LogP contribution in [0.3, 0.4) is 0 Å². The van der Waals surface area contributed by atoms with Crippen molar-refractivity contribution in [1.82, 2.24) is 19.7 Å². The minimum absolute atomic E-state index is 0.347. The average molecular weight is 457 g/mol. The molecule has 2 heterocycles. The van der Waals surface area contributed by atoms with Gasteiger partial charge >= 0.3 is 0 Å². The Morgan fingerprint density at radius 1 is 1.13 bits per heavy atom. The third-order valence-electron chi connectivity index (χ3n) is 4.59. The highest BCUT2D eigenvalue weighted by Crippen LogP contribution is 2.28. The van der Waals surface area contributed by atoms with Crippen LogP contribution in [0.15, 0.2) is 53.0 Å². The van der Waals surface area contributed by atoms with Crippen molar-refractivity contribution in [2.24, 2.45) is 7.05 Å². The van der Waals surface area contributed by atoms with Crippen LogP contribution in [0.2, 0.25) is 5.02 Å². The molecule has 0 saturated heterocycles. The Balaban J connectivity index is 1.37. The van der Waals surface area contributed by atoms with Crippen molar-refractivity contribution in [3.05, 3.63) is 75.5 Å². The topological polar surface area (TPSA) is 52.8 Å². The van der Waals surface area contributed by atoms with Gasteiger partial charge < -0.3 is 9.30 Å². The van der Waals surface area contributed by atoms with Gasteiger partial charge in [0.25, 0.3) is 0 Å². The van der Waals surface area contributed by atoms with E-state index in [-0.39, 0.29) is 0 Å². The van der Waals surface area contributed by atoms with Gasteiger partial charge in [-0.2, -0.15) is 0 Å². The Kier molecular flexibility index (Phi) is 6.41. The van der Waals surface area contributed by atoms with Gasteiger partial charge in [0.15, 0.2) is 11.0 Å². The average Bonchev–Trinajstić information content (AvgIpc) is 3.34. The first-order valence-corrected chi connectivity index (χ1v) is 11.7. The lowest BCUT2D eigenvalue weighted by Gasteiger charge is -2.07. The van der Waals surface area contributed by atoms with Crippen LogP contribution in [-0.4, -0.2) is 19.7 Å². The second-order valence-electron chi connectivity index (χ2n) is 6.96. The summed E-state index contributed by atoms with van der Waals surface area (Å²) in [7, 11) is 1.95. The van der Waals surface area contributed by atoms with E-state index in [9.17, 15) is 0 Å². The second-order valence-corrected chi connectivity index (χ2v) is 9.17. The summed E-state index contributed by atoms with van der Waals surface area (Å²) in [5.41, 5.74) is 4.42. The number of benzene rings is 2. The Morgan fingerprint density at radius 3 is 2.80 bits per heavy atom. The third kappa shape index (κ3) is 4.86. The molecule has 0 atom stereocenters. The Labute approximate surface area is 189 Å². The van der Waals surface area contributed by atoms with Crippen LogP contribution < -0.4 is 4.74 Å². The van der Waals surface area contributed by atoms with Gasteiger partial charge in [-0.1, -0.05) is 47.1 Å². The van der Waals surface area contributed by atoms with E-state index in [2.05, 4.69) is 46.8 Å². The molecule has 0 aliphatic rings. The molecule has 2 aromatic carbocycles. The van der Waals surface area contributed by atoms with Crippen molar-refractivity contribution in [1.29, 1.82) is 0 Å². The van der Waals surface area contributed by atoms with Gasteiger partial charge in [0.2, 0.25) is 0 Å². The number of aromatic nitrogens is 4. The Bertz CT molecular complexity index is 1170. The first-order valence-electron chi connectivity index (χ1n) is 9.41. The molecule has 5 nitrogen and oxygen atoms in total. The molecule has 0 amide bonds. The fourth-order valence-electron chi connectivity index (χ4n) is 2.87. The van der Waals surface area contributed by atoms with Crippen LogP contribution in [-0.2, 0) is 19.4 Å². The van der Waals surface area contributed by atoms with Gasteiger partial charge in [0.1, 0.15) is 17.4 Å². The van der Waals surface area contributed by atoms with Gasteiger partial charge in [-0.05, 0) is 43.7 Å². The number of thioether (sulfide) groups is 1. The van der Waals surface area contributed by atoms with E-state index in [1.165, 1.54) is 5.56 Å². The largest absolute Gasteiger partial charge is 0.486 e. The van der Waals surface area contributed by atoms with Crippen molar-refractivity contribution in [3.63, 3.8) is 0 Å². The standard InChI is InChI=1S/C22H21ClN4OS2/c1-14-5-4-6-16(9-14)21-24-17(12-29-21)13-30-22-26-25-20(27(22)3)11-28-18-7-8-19(23)15(2)10-18/h4-10,12H,11,13H2,1-3H3. The maximum atomic E-state index is 6.07. The maximum absolute atomic E-state index is 6.07. The molecule has 0 spiro atoms. The predicted molar refractivity (Wildman–Crippen MR) is 123 cm³/mol. The molecular weight excluding hydrogens is 436 g/mol. The first-order chi connectivity index (χ1) is 14.5. The number of rotatable bonds is 7. The Hall–Kier alpha value is -2.35. The summed E-state index contributed by atoms with van der Waals surface area (Å²) >= 11 is 9.35. The van der Waals surface area contributed by atoms with E-state index in [0.29, 0.717) is 6.61 Å². The third-order valence-corrected chi connectivity index (χ3v) is 7.01. The zero-order valence-corrected chi connectivity index (χ0v) is 19.3. The molecule has 0 aliphatic carbocycles. The number of nitrogens with zero attached hydrogens (tertiary/aromatic N) is 4. The summed E-state index contributed by atoms with van der Waals surface area (Å²) < 4.78 is 7.80. The summed E-state index contributed by atoms with van der Waals surface area (Å²) in [6, 6.07) is 14.0. The summed E-state index contributed by atoms with van der Waals surface area (Å²) in [4.78, 5) is 4.77. The van der Waals surface area contributed by atoms with Gasteiger partial charge in [0, 0.05) is 28.8 Å². The lowest BCUT2D eigenvalue weighted by molar-refractivity contribution is 0.290. The van der Waals surface area contributed by atoms with Crippen molar-refractivity contribution in [3.8, 4) is 16.3 Å². The molecular formula is C22H21ClN4OS2. The van der Waals surface area contributed by atoms with E-state index in [1.54, 1.807) is 23.1 Å². The molecule has 8 heteroatoms. The van der Waals surface area contributed by atoms with Crippen molar-refractivity contribution >= 4 is 34.7 Å². The Morgan fingerprint density at radius 2 is 2.00 bits per heavy atom. The van der Waals surface area contributed by atoms with Gasteiger partial charge in [-0.3, -0.25) is 0 Å². The quantitative estimate of drug-likeness (QED) is 0.315. The molecule has 0 unspecified atom stereocenters. The van der Waals surface area contributed by atoms with Crippen LogP contribution in [0.1, 0.15) is 22.6 Å². The van der Waals surface area contributed by atoms with Crippen molar-refractivity contribution in [2.75, 3.05) is 0 Å². The van der Waals surface area contributed by atoms with E-state index >= 15 is 0 Å². The number of hydrogen-bond donors (Lipinski definition) is 0. The molecule has 154 valence electrons. The number of hydrogen-bond acceptors (Lipinski definition) is 6. The highest BCUT2D eigenvalue weighted by Gasteiger charge is 2.12. The highest BCUT2D eigenvalue weighted by atomic mass is 35.5. The predicted octanol–water partition coefficient (Wildman–Crippen LogP) is 6.08. The molecule has 0 bridgehead atoms. The van der Waals surface area contributed by atoms with Crippen LogP contribution in [0.25, 0.3) is 10.6 Å². The molecule has 0 saturated carbocycles. The molecule has 0 fully saturated rings. The summed E-state index contributed by atoms with van der Waals surface area (Å²) in [6.07, 6.45) is 0. The summed E-state index contributed by atoms with van der Waals surface area (Å²) in [5.74, 6) is 2.27. The normalized spacial score (nSPS) is 11.1. The highest BCUT2D eigenvalue weighted by molar-refractivity contribution is 7.98. The van der Waals surface area contributed by atoms with Crippen molar-refractivity contribution in [2.45, 2.75) is 31.4 Å². The molecule has 0 aliphatic heterocycles. The van der Waals surface area contributed by atoms with Crippen LogP contribution >= 0.6 is 34.7 Å². The number of halogens is 1. The molecule has 30 heavy (non-hydrogen) atoms. The zero-order chi connectivity index (χ0) is 21.1. The fraction of sp³-hybridized carbons (Fsp3) is 0.227. The monoisotopic (exact) mass is 456 g/mol. The number of thiazole rings is 1. The summed E-state index contributed by atoms with van der Waals surface area (Å²) in [5, 5.41) is 13.3. The van der Waals surface area contributed by atoms with Gasteiger partial charge in [0.05, 0.1) is 5.69 Å². The van der Waals surface area contributed by atoms with E-state index < -0.39 is 0 Å². The van der Waals surface area contributed by atoms with Crippen LogP contribution in [0, 0.1) is 13.8 Å². The van der Waals surface area contributed by atoms with E-state index in [1.807, 2.05) is 36.7 Å². The number of aryl methyl sites for hydroxylation is 2. The minimum atomic E-state index is 0.347. The van der Waals surface area contributed by atoms with E-state index in [4.69, 9.17) is 21.3 Å². The maximum Gasteiger partial charge on any atom is 0.191 e. The molecule has 2 aromatic heterocycles. The SMILES string of the molecule is Cc1cccc(-c2nc(CSc3nnc(COc4ccc(Cl)c(C)c4)n3C)cs2)c1. The van der Waals surface area contributed by atoms with Gasteiger partial charge in [-0.15, -0.1) is 21.5 Å². The smallest absolute Gasteiger partial charge is 0.191 e. The molecule has 0 radical (unpaired) electrons. The fourth-order valence-corrected chi connectivity index (χ4v) is 4.74. The van der Waals surface area contributed by atoms with Gasteiger partial charge in [-0.25, -0.2) is 4.98 Å². The lowest BCUT2D eigenvalue weighted by Crippen LogP contribution is -2.04. The van der Waals surface area contributed by atoms with Crippen molar-refractivity contribution < 1.29 is 4.74 Å². The van der Waals surface area contributed by atoms with Crippen LogP contribution in [0.4, 0.5) is 0 Å².